The van der Waals surface area contributed by atoms with Crippen LogP contribution in [0.25, 0.3) is 11.4 Å². The van der Waals surface area contributed by atoms with Gasteiger partial charge in [0.25, 0.3) is 5.69 Å². The van der Waals surface area contributed by atoms with Crippen LogP contribution in [0, 0.1) is 10.1 Å². The SMILES string of the molecule is O=[N+]([O-])c1cccc(-c2n[nH]c(C(F)(F)F)n2)c1. The van der Waals surface area contributed by atoms with Gasteiger partial charge in [-0.2, -0.15) is 18.3 Å². The van der Waals surface area contributed by atoms with E-state index in [-0.39, 0.29) is 17.1 Å². The summed E-state index contributed by atoms with van der Waals surface area (Å²) in [5.41, 5.74) is -0.109. The predicted octanol–water partition coefficient (Wildman–Crippen LogP) is 2.40. The molecule has 18 heavy (non-hydrogen) atoms. The average Bonchev–Trinajstić information content (AvgIpc) is 2.78. The van der Waals surface area contributed by atoms with Crippen LogP contribution in [0.5, 0.6) is 0 Å². The Bertz CT molecular complexity index is 593. The molecule has 0 aliphatic heterocycles. The van der Waals surface area contributed by atoms with E-state index in [1.54, 1.807) is 5.10 Å². The molecular weight excluding hydrogens is 253 g/mol. The Balaban J connectivity index is 2.40. The quantitative estimate of drug-likeness (QED) is 0.662. The van der Waals surface area contributed by atoms with E-state index in [0.29, 0.717) is 0 Å². The lowest BCUT2D eigenvalue weighted by atomic mass is 10.2. The van der Waals surface area contributed by atoms with E-state index < -0.39 is 16.9 Å². The van der Waals surface area contributed by atoms with Crippen molar-refractivity contribution in [2.45, 2.75) is 6.18 Å². The van der Waals surface area contributed by atoms with Gasteiger partial charge in [0.15, 0.2) is 5.82 Å². The van der Waals surface area contributed by atoms with Crippen molar-refractivity contribution < 1.29 is 18.1 Å². The van der Waals surface area contributed by atoms with Gasteiger partial charge in [-0.05, 0) is 0 Å². The molecular formula is C9H5F3N4O2. The number of nitrogens with zero attached hydrogens (tertiary/aromatic N) is 3. The molecule has 6 nitrogen and oxygen atoms in total. The third kappa shape index (κ3) is 2.29. The van der Waals surface area contributed by atoms with Crippen LogP contribution in [-0.4, -0.2) is 20.1 Å². The maximum absolute atomic E-state index is 12.3. The van der Waals surface area contributed by atoms with Gasteiger partial charge in [0.2, 0.25) is 5.82 Å². The molecule has 0 aliphatic rings. The smallest absolute Gasteiger partial charge is 0.258 e. The van der Waals surface area contributed by atoms with Crippen LogP contribution in [0.4, 0.5) is 18.9 Å². The van der Waals surface area contributed by atoms with Gasteiger partial charge in [0.05, 0.1) is 4.92 Å². The Hall–Kier alpha value is -2.45. The van der Waals surface area contributed by atoms with Gasteiger partial charge in [0, 0.05) is 17.7 Å². The number of non-ortho nitro benzene ring substituents is 1. The van der Waals surface area contributed by atoms with Crippen molar-refractivity contribution in [1.82, 2.24) is 15.2 Å². The molecule has 0 amide bonds. The van der Waals surface area contributed by atoms with Gasteiger partial charge < -0.3 is 0 Å². The first-order chi connectivity index (χ1) is 8.38. The molecule has 0 saturated carbocycles. The minimum absolute atomic E-state index is 0.135. The zero-order valence-corrected chi connectivity index (χ0v) is 8.60. The van der Waals surface area contributed by atoms with Crippen LogP contribution >= 0.6 is 0 Å². The highest BCUT2D eigenvalue weighted by Gasteiger charge is 2.35. The molecule has 94 valence electrons. The fraction of sp³-hybridized carbons (Fsp3) is 0.111. The normalized spacial score (nSPS) is 11.5. The maximum atomic E-state index is 12.3. The summed E-state index contributed by atoms with van der Waals surface area (Å²) in [5, 5.41) is 15.6. The topological polar surface area (TPSA) is 84.7 Å². The predicted molar refractivity (Wildman–Crippen MR) is 53.5 cm³/mol. The zero-order chi connectivity index (χ0) is 13.3. The standard InChI is InChI=1S/C9H5F3N4O2/c10-9(11,12)8-13-7(14-15-8)5-2-1-3-6(4-5)16(17)18/h1-4H,(H,13,14,15). The summed E-state index contributed by atoms with van der Waals surface area (Å²) in [5.74, 6) is -1.49. The van der Waals surface area contributed by atoms with Gasteiger partial charge in [-0.15, -0.1) is 0 Å². The molecule has 9 heteroatoms. The molecule has 1 heterocycles. The first-order valence-electron chi connectivity index (χ1n) is 4.62. The maximum Gasteiger partial charge on any atom is 0.451 e. The van der Waals surface area contributed by atoms with Gasteiger partial charge in [-0.3, -0.25) is 15.2 Å². The summed E-state index contributed by atoms with van der Waals surface area (Å²) >= 11 is 0. The number of hydrogen-bond acceptors (Lipinski definition) is 4. The minimum Gasteiger partial charge on any atom is -0.258 e. The highest BCUT2D eigenvalue weighted by atomic mass is 19.4. The molecule has 0 unspecified atom stereocenters. The molecule has 1 aromatic heterocycles. The van der Waals surface area contributed by atoms with Gasteiger partial charge in [-0.25, -0.2) is 4.98 Å². The first kappa shape index (κ1) is 12.0. The van der Waals surface area contributed by atoms with E-state index in [4.69, 9.17) is 0 Å². The minimum atomic E-state index is -4.63. The zero-order valence-electron chi connectivity index (χ0n) is 8.60. The van der Waals surface area contributed by atoms with Crippen LogP contribution in [0.3, 0.4) is 0 Å². The number of H-pyrrole nitrogens is 1. The molecule has 0 fully saturated rings. The number of rotatable bonds is 2. The van der Waals surface area contributed by atoms with Crippen molar-refractivity contribution in [3.63, 3.8) is 0 Å². The highest BCUT2D eigenvalue weighted by molar-refractivity contribution is 5.58. The second kappa shape index (κ2) is 4.09. The van der Waals surface area contributed by atoms with Crippen molar-refractivity contribution in [1.29, 1.82) is 0 Å². The lowest BCUT2D eigenvalue weighted by Gasteiger charge is -1.98. The average molecular weight is 258 g/mol. The van der Waals surface area contributed by atoms with Gasteiger partial charge >= 0.3 is 6.18 Å². The number of nitro benzene ring substituents is 1. The van der Waals surface area contributed by atoms with Crippen molar-refractivity contribution in [3.8, 4) is 11.4 Å². The summed E-state index contributed by atoms with van der Waals surface area (Å²) in [4.78, 5) is 13.1. The van der Waals surface area contributed by atoms with Crippen LogP contribution in [0.1, 0.15) is 5.82 Å². The van der Waals surface area contributed by atoms with Crippen molar-refractivity contribution >= 4 is 5.69 Å². The Kier molecular flexibility index (Phi) is 2.73. The molecule has 1 aromatic carbocycles. The number of benzene rings is 1. The largest absolute Gasteiger partial charge is 0.451 e. The van der Waals surface area contributed by atoms with E-state index in [1.807, 2.05) is 0 Å². The van der Waals surface area contributed by atoms with E-state index in [9.17, 15) is 23.3 Å². The molecule has 0 aliphatic carbocycles. The van der Waals surface area contributed by atoms with E-state index in [0.717, 1.165) is 6.07 Å². The van der Waals surface area contributed by atoms with Crippen LogP contribution in [0.15, 0.2) is 24.3 Å². The molecule has 0 saturated heterocycles. The van der Waals surface area contributed by atoms with E-state index in [2.05, 4.69) is 10.1 Å². The summed E-state index contributed by atoms with van der Waals surface area (Å²) in [7, 11) is 0. The number of alkyl halides is 3. The number of aromatic amines is 1. The van der Waals surface area contributed by atoms with Crippen molar-refractivity contribution in [2.24, 2.45) is 0 Å². The molecule has 1 N–H and O–H groups in total. The lowest BCUT2D eigenvalue weighted by molar-refractivity contribution is -0.384. The molecule has 2 aromatic rings. The second-order valence-electron chi connectivity index (χ2n) is 3.31. The van der Waals surface area contributed by atoms with E-state index >= 15 is 0 Å². The summed E-state index contributed by atoms with van der Waals surface area (Å²) in [6.07, 6.45) is -4.63. The second-order valence-corrected chi connectivity index (χ2v) is 3.31. The molecule has 0 atom stereocenters. The number of hydrogen-bond donors (Lipinski definition) is 1. The van der Waals surface area contributed by atoms with Crippen LogP contribution in [0.2, 0.25) is 0 Å². The fourth-order valence-electron chi connectivity index (χ4n) is 1.28. The number of nitro groups is 1. The van der Waals surface area contributed by atoms with Gasteiger partial charge in [-0.1, -0.05) is 12.1 Å². The summed E-state index contributed by atoms with van der Waals surface area (Å²) < 4.78 is 36.8. The third-order valence-corrected chi connectivity index (χ3v) is 2.07. The van der Waals surface area contributed by atoms with Crippen LogP contribution in [-0.2, 0) is 6.18 Å². The Morgan fingerprint density at radius 1 is 1.33 bits per heavy atom. The first-order valence-corrected chi connectivity index (χ1v) is 4.62. The number of halogens is 3. The molecule has 0 radical (unpaired) electrons. The Morgan fingerprint density at radius 2 is 2.06 bits per heavy atom. The van der Waals surface area contributed by atoms with E-state index in [1.165, 1.54) is 18.2 Å². The summed E-state index contributed by atoms with van der Waals surface area (Å²) in [6, 6.07) is 5.05. The lowest BCUT2D eigenvalue weighted by Crippen LogP contribution is -2.07. The van der Waals surface area contributed by atoms with Crippen LogP contribution < -0.4 is 0 Å². The Labute approximate surface area is 97.6 Å². The molecule has 0 bridgehead atoms. The number of aromatic nitrogens is 3. The fourth-order valence-corrected chi connectivity index (χ4v) is 1.28. The van der Waals surface area contributed by atoms with Gasteiger partial charge in [0.1, 0.15) is 0 Å². The monoisotopic (exact) mass is 258 g/mol. The van der Waals surface area contributed by atoms with Crippen molar-refractivity contribution in [3.05, 3.63) is 40.2 Å². The van der Waals surface area contributed by atoms with Crippen molar-refractivity contribution in [2.75, 3.05) is 0 Å². The number of nitrogens with one attached hydrogen (secondary N) is 1. The third-order valence-electron chi connectivity index (χ3n) is 2.07. The molecule has 0 spiro atoms. The Morgan fingerprint density at radius 3 is 2.61 bits per heavy atom. The highest BCUT2D eigenvalue weighted by Crippen LogP contribution is 2.28. The summed E-state index contributed by atoms with van der Waals surface area (Å²) in [6.45, 7) is 0. The molecule has 2 rings (SSSR count).